The zero-order valence-electron chi connectivity index (χ0n) is 47.3. The van der Waals surface area contributed by atoms with Gasteiger partial charge in [0.1, 0.15) is 5.82 Å². The summed E-state index contributed by atoms with van der Waals surface area (Å²) in [5.74, 6) is 2.52. The topological polar surface area (TPSA) is 79.2 Å². The van der Waals surface area contributed by atoms with Gasteiger partial charge < -0.3 is 9.13 Å². The molecule has 0 N–H and O–H groups in total. The molecule has 0 spiro atoms. The van der Waals surface area contributed by atoms with Gasteiger partial charge in [-0.1, -0.05) is 174 Å². The minimum atomic E-state index is 0.560. The van der Waals surface area contributed by atoms with Crippen LogP contribution < -0.4 is 0 Å². The second-order valence-electron chi connectivity index (χ2n) is 22.4. The summed E-state index contributed by atoms with van der Waals surface area (Å²) in [6.45, 7) is 8.67. The molecule has 0 amide bonds. The minimum Gasteiger partial charge on any atom is -0.309 e. The lowest BCUT2D eigenvalue weighted by atomic mass is 9.90. The van der Waals surface area contributed by atoms with Crippen molar-refractivity contribution < 1.29 is 0 Å². The molecule has 0 aliphatic heterocycles. The van der Waals surface area contributed by atoms with E-state index in [9.17, 15) is 0 Å². The molecule has 6 aromatic heterocycles. The van der Waals surface area contributed by atoms with Crippen molar-refractivity contribution in [3.8, 4) is 84.9 Å². The normalized spacial score (nSPS) is 11.8. The van der Waals surface area contributed by atoms with E-state index >= 15 is 0 Å². The smallest absolute Gasteiger partial charge is 0.164 e. The van der Waals surface area contributed by atoms with Crippen molar-refractivity contribution in [3.63, 3.8) is 0 Å². The lowest BCUT2D eigenvalue weighted by Gasteiger charge is -2.21. The predicted molar refractivity (Wildman–Crippen MR) is 350 cm³/mol. The summed E-state index contributed by atoms with van der Waals surface area (Å²) in [4.78, 5) is 26.5. The minimum absolute atomic E-state index is 0.560. The van der Waals surface area contributed by atoms with Crippen LogP contribution in [0.2, 0.25) is 0 Å². The summed E-state index contributed by atoms with van der Waals surface area (Å²) >= 11 is 0. The molecule has 16 rings (SSSR count). The van der Waals surface area contributed by atoms with Crippen LogP contribution in [0, 0.1) is 27.7 Å². The summed E-state index contributed by atoms with van der Waals surface area (Å²) in [5.41, 5.74) is 22.0. The Kier molecular flexibility index (Phi) is 11.6. The lowest BCUT2D eigenvalue weighted by Crippen LogP contribution is -2.06. The molecule has 0 bridgehead atoms. The molecule has 6 heterocycles. The molecular formula is C77H54N8. The number of rotatable bonds is 9. The predicted octanol–water partition coefficient (Wildman–Crippen LogP) is 19.2. The molecule has 8 nitrogen and oxygen atoms in total. The maximum Gasteiger partial charge on any atom is 0.164 e. The first-order chi connectivity index (χ1) is 41.8. The van der Waals surface area contributed by atoms with E-state index in [2.05, 4.69) is 253 Å². The van der Waals surface area contributed by atoms with Crippen molar-refractivity contribution in [3.05, 3.63) is 277 Å². The van der Waals surface area contributed by atoms with Crippen molar-refractivity contribution in [2.75, 3.05) is 0 Å². The van der Waals surface area contributed by atoms with Crippen LogP contribution in [0.4, 0.5) is 0 Å². The van der Waals surface area contributed by atoms with E-state index < -0.39 is 0 Å². The highest BCUT2D eigenvalue weighted by atomic mass is 15.1. The Morgan fingerprint density at radius 2 is 0.718 bits per heavy atom. The van der Waals surface area contributed by atoms with Crippen LogP contribution in [-0.2, 0) is 0 Å². The Balaban J connectivity index is 0.977. The van der Waals surface area contributed by atoms with E-state index in [1.165, 1.54) is 54.8 Å². The molecule has 0 aliphatic rings. The maximum absolute atomic E-state index is 5.93. The number of pyridine rings is 2. The van der Waals surface area contributed by atoms with Gasteiger partial charge in [-0.05, 0) is 135 Å². The summed E-state index contributed by atoms with van der Waals surface area (Å²) in [6, 6.07) is 86.9. The van der Waals surface area contributed by atoms with Crippen LogP contribution in [0.15, 0.2) is 255 Å². The number of benzene rings is 10. The molecule has 0 saturated heterocycles. The SMILES string of the molecule is Cc1ccc2c(c1)c1cc(C)ccc1n2-c1ccc(-c2cc(-c3ccccc3-c3nc(-c4ccccc4)nc(-c4ccccc4)n3)c(-c3ccc(-n4c5ccc(C)cc5c5cc(C)ccc54)cc3)c(-n3c4ccccc4c4cnccc43)n2)cc1. The quantitative estimate of drug-likeness (QED) is 0.144. The second kappa shape index (κ2) is 19.8. The largest absolute Gasteiger partial charge is 0.309 e. The molecule has 0 saturated carbocycles. The first-order valence-corrected chi connectivity index (χ1v) is 28.9. The van der Waals surface area contributed by atoms with Crippen molar-refractivity contribution in [2.45, 2.75) is 27.7 Å². The fourth-order valence-corrected chi connectivity index (χ4v) is 12.8. The van der Waals surface area contributed by atoms with Gasteiger partial charge in [0.2, 0.25) is 0 Å². The Labute approximate surface area is 491 Å². The molecule has 16 aromatic rings. The third-order valence-electron chi connectivity index (χ3n) is 16.8. The summed E-state index contributed by atoms with van der Waals surface area (Å²) < 4.78 is 7.12. The molecular weight excluding hydrogens is 1040 g/mol. The summed E-state index contributed by atoms with van der Waals surface area (Å²) in [5, 5.41) is 7.09. The number of hydrogen-bond acceptors (Lipinski definition) is 5. The zero-order chi connectivity index (χ0) is 56.9. The Bertz CT molecular complexity index is 5090. The van der Waals surface area contributed by atoms with Crippen LogP contribution in [0.3, 0.4) is 0 Å². The third kappa shape index (κ3) is 8.32. The highest BCUT2D eigenvalue weighted by Crippen LogP contribution is 2.46. The Morgan fingerprint density at radius 3 is 1.25 bits per heavy atom. The Morgan fingerprint density at radius 1 is 0.282 bits per heavy atom. The first kappa shape index (κ1) is 49.7. The van der Waals surface area contributed by atoms with Crippen molar-refractivity contribution in [2.24, 2.45) is 0 Å². The van der Waals surface area contributed by atoms with Gasteiger partial charge in [0, 0.05) is 83.9 Å². The van der Waals surface area contributed by atoms with Crippen molar-refractivity contribution in [1.82, 2.24) is 38.6 Å². The number of hydrogen-bond donors (Lipinski definition) is 0. The van der Waals surface area contributed by atoms with Gasteiger partial charge in [-0.15, -0.1) is 0 Å². The van der Waals surface area contributed by atoms with Gasteiger partial charge in [0.05, 0.1) is 38.8 Å². The van der Waals surface area contributed by atoms with Crippen molar-refractivity contribution in [1.29, 1.82) is 0 Å². The van der Waals surface area contributed by atoms with Gasteiger partial charge in [-0.2, -0.15) is 0 Å². The van der Waals surface area contributed by atoms with E-state index in [-0.39, 0.29) is 0 Å². The standard InChI is InChI=1S/C77H54N8/c1-47-23-35-68-60(41-47)61-42-48(2)24-36-69(61)83(68)55-31-27-51(28-32-55)66-45-64(57-19-11-12-21-59(57)76-81-74(53-15-7-5-8-16-53)80-75(82-76)54-17-9-6-10-18-54)73(77(79-66)85-67-22-14-13-20-58(67)65-46-78-40-39-72(65)85)52-29-33-56(34-30-52)84-70-37-25-49(3)43-62(70)63-44-50(4)26-38-71(63)84/h5-46H,1-4H3. The highest BCUT2D eigenvalue weighted by molar-refractivity contribution is 6.12. The molecule has 0 radical (unpaired) electrons. The van der Waals surface area contributed by atoms with E-state index in [0.29, 0.717) is 17.5 Å². The molecule has 0 atom stereocenters. The first-order valence-electron chi connectivity index (χ1n) is 28.9. The average molecular weight is 1090 g/mol. The number of aromatic nitrogens is 8. The third-order valence-corrected chi connectivity index (χ3v) is 16.8. The van der Waals surface area contributed by atoms with Crippen LogP contribution in [-0.4, -0.2) is 38.6 Å². The molecule has 0 unspecified atom stereocenters. The van der Waals surface area contributed by atoms with E-state index in [0.717, 1.165) is 100 Å². The maximum atomic E-state index is 5.93. The summed E-state index contributed by atoms with van der Waals surface area (Å²) in [7, 11) is 0. The number of nitrogens with zero attached hydrogens (tertiary/aromatic N) is 8. The highest BCUT2D eigenvalue weighted by Gasteiger charge is 2.26. The monoisotopic (exact) mass is 1090 g/mol. The fourth-order valence-electron chi connectivity index (χ4n) is 12.8. The van der Waals surface area contributed by atoms with Gasteiger partial charge >= 0.3 is 0 Å². The van der Waals surface area contributed by atoms with Gasteiger partial charge in [-0.25, -0.2) is 19.9 Å². The van der Waals surface area contributed by atoms with E-state index in [1.54, 1.807) is 0 Å². The van der Waals surface area contributed by atoms with Crippen LogP contribution in [0.5, 0.6) is 0 Å². The summed E-state index contributed by atoms with van der Waals surface area (Å²) in [6.07, 6.45) is 3.86. The molecule has 8 heteroatoms. The van der Waals surface area contributed by atoms with E-state index in [1.807, 2.05) is 48.8 Å². The van der Waals surface area contributed by atoms with Crippen LogP contribution in [0.1, 0.15) is 22.3 Å². The number of para-hydroxylation sites is 1. The van der Waals surface area contributed by atoms with Crippen LogP contribution in [0.25, 0.3) is 150 Å². The lowest BCUT2D eigenvalue weighted by molar-refractivity contribution is 1.07. The number of aryl methyl sites for hydroxylation is 4. The zero-order valence-corrected chi connectivity index (χ0v) is 47.3. The molecule has 0 aliphatic carbocycles. The second-order valence-corrected chi connectivity index (χ2v) is 22.4. The van der Waals surface area contributed by atoms with Crippen LogP contribution >= 0.6 is 0 Å². The Hall–Kier alpha value is -11.1. The van der Waals surface area contributed by atoms with Gasteiger partial charge in [0.15, 0.2) is 17.5 Å². The van der Waals surface area contributed by atoms with Gasteiger partial charge in [-0.3, -0.25) is 9.55 Å². The van der Waals surface area contributed by atoms with Gasteiger partial charge in [0.25, 0.3) is 0 Å². The average Bonchev–Trinajstić information content (AvgIpc) is 1.95. The number of fused-ring (bicyclic) bond motifs is 9. The molecule has 0 fully saturated rings. The molecule has 402 valence electrons. The fraction of sp³-hybridized carbons (Fsp3) is 0.0519. The van der Waals surface area contributed by atoms with Crippen molar-refractivity contribution >= 4 is 65.4 Å². The molecule has 85 heavy (non-hydrogen) atoms. The van der Waals surface area contributed by atoms with E-state index in [4.69, 9.17) is 19.9 Å². The molecule has 10 aromatic carbocycles.